The van der Waals surface area contributed by atoms with Gasteiger partial charge in [0.05, 0.1) is 17.4 Å². The number of aromatic amines is 1. The molecule has 32 heavy (non-hydrogen) atoms. The quantitative estimate of drug-likeness (QED) is 0.656. The predicted octanol–water partition coefficient (Wildman–Crippen LogP) is 4.38. The molecule has 2 aromatic carbocycles. The summed E-state index contributed by atoms with van der Waals surface area (Å²) in [5.41, 5.74) is 5.95. The van der Waals surface area contributed by atoms with E-state index in [1.165, 1.54) is 11.1 Å². The van der Waals surface area contributed by atoms with E-state index >= 15 is 0 Å². The van der Waals surface area contributed by atoms with E-state index in [1.807, 2.05) is 29.2 Å². The summed E-state index contributed by atoms with van der Waals surface area (Å²) in [6.07, 6.45) is 7.86. The highest BCUT2D eigenvalue weighted by molar-refractivity contribution is 5.98. The highest BCUT2D eigenvalue weighted by Gasteiger charge is 2.39. The molecule has 1 aliphatic carbocycles. The maximum Gasteiger partial charge on any atom is 0.254 e. The van der Waals surface area contributed by atoms with Gasteiger partial charge in [0.2, 0.25) is 0 Å². The van der Waals surface area contributed by atoms with Crippen molar-refractivity contribution in [3.63, 3.8) is 0 Å². The molecule has 2 atom stereocenters. The van der Waals surface area contributed by atoms with Gasteiger partial charge in [-0.1, -0.05) is 6.07 Å². The Hall–Kier alpha value is -3.15. The van der Waals surface area contributed by atoms with Gasteiger partial charge in [0.1, 0.15) is 0 Å². The van der Waals surface area contributed by atoms with E-state index in [4.69, 9.17) is 0 Å². The number of carbonyl (C=O) groups is 2. The number of amides is 2. The average Bonchev–Trinajstić information content (AvgIpc) is 3.54. The summed E-state index contributed by atoms with van der Waals surface area (Å²) >= 11 is 0. The molecule has 0 spiro atoms. The summed E-state index contributed by atoms with van der Waals surface area (Å²) in [6, 6.07) is 12.2. The van der Waals surface area contributed by atoms with Crippen molar-refractivity contribution in [2.45, 2.75) is 50.5 Å². The number of nitrogens with zero attached hydrogens (tertiary/aromatic N) is 3. The second-order valence-electron chi connectivity index (χ2n) is 9.40. The van der Waals surface area contributed by atoms with Crippen LogP contribution in [0.5, 0.6) is 0 Å². The van der Waals surface area contributed by atoms with E-state index in [0.29, 0.717) is 5.92 Å². The Morgan fingerprint density at radius 3 is 2.62 bits per heavy atom. The smallest absolute Gasteiger partial charge is 0.254 e. The van der Waals surface area contributed by atoms with Crippen molar-refractivity contribution in [3.05, 3.63) is 65.0 Å². The number of rotatable bonds is 2. The fourth-order valence-corrected chi connectivity index (χ4v) is 5.99. The van der Waals surface area contributed by atoms with E-state index in [1.54, 1.807) is 6.33 Å². The van der Waals surface area contributed by atoms with E-state index < -0.39 is 0 Å². The van der Waals surface area contributed by atoms with Crippen LogP contribution in [0.3, 0.4) is 0 Å². The molecule has 6 rings (SSSR count). The van der Waals surface area contributed by atoms with Crippen molar-refractivity contribution in [3.8, 4) is 0 Å². The number of hydrogen-bond donors (Lipinski definition) is 1. The molecule has 2 amide bonds. The molecule has 0 bridgehead atoms. The lowest BCUT2D eigenvalue weighted by Gasteiger charge is -2.45. The Morgan fingerprint density at radius 1 is 0.938 bits per heavy atom. The van der Waals surface area contributed by atoms with Gasteiger partial charge in [-0.2, -0.15) is 0 Å². The summed E-state index contributed by atoms with van der Waals surface area (Å²) in [4.78, 5) is 37.8. The van der Waals surface area contributed by atoms with Gasteiger partial charge in [0.15, 0.2) is 0 Å². The van der Waals surface area contributed by atoms with Crippen molar-refractivity contribution in [1.29, 1.82) is 0 Å². The Balaban J connectivity index is 0.00000228. The zero-order chi connectivity index (χ0) is 21.7. The highest BCUT2D eigenvalue weighted by Crippen LogP contribution is 2.41. The molecular formula is C26H30N4O2. The fourth-order valence-electron chi connectivity index (χ4n) is 5.99. The Labute approximate surface area is 189 Å². The fraction of sp³-hybridized carbons (Fsp3) is 0.423. The van der Waals surface area contributed by atoms with Crippen molar-refractivity contribution >= 4 is 22.8 Å². The maximum absolute atomic E-state index is 13.5. The molecule has 2 aliphatic heterocycles. The van der Waals surface area contributed by atoms with Gasteiger partial charge in [-0.05, 0) is 80.0 Å². The van der Waals surface area contributed by atoms with Gasteiger partial charge in [0.25, 0.3) is 11.8 Å². The van der Waals surface area contributed by atoms with Gasteiger partial charge in [0, 0.05) is 44.1 Å². The highest BCUT2D eigenvalue weighted by atomic mass is 16.2. The standard InChI is InChI=1S/C26H28N4O2.H2/c31-25(29-11-1-2-12-29)18-5-8-20-17(14-18)7-10-24-21(20)4-3-13-30(24)26(32)19-6-9-22-23(15-19)28-16-27-22;/h5-6,8-9,14-16,21,24H,1-4,7,10-13H2,(H,27,28);1H. The minimum atomic E-state index is 0. The molecule has 3 aliphatic rings. The normalized spacial score (nSPS) is 22.6. The van der Waals surface area contributed by atoms with Crippen LogP contribution in [-0.4, -0.2) is 57.3 Å². The number of imidazole rings is 1. The monoisotopic (exact) mass is 430 g/mol. The first-order valence-electron chi connectivity index (χ1n) is 11.9. The van der Waals surface area contributed by atoms with E-state index in [2.05, 4.69) is 27.0 Å². The molecule has 0 saturated carbocycles. The number of aromatic nitrogens is 2. The van der Waals surface area contributed by atoms with Gasteiger partial charge in [-0.15, -0.1) is 0 Å². The molecule has 3 heterocycles. The lowest BCUT2D eigenvalue weighted by Crippen LogP contribution is -2.49. The van der Waals surface area contributed by atoms with Crippen molar-refractivity contribution < 1.29 is 11.0 Å². The molecule has 2 fully saturated rings. The molecule has 1 N–H and O–H groups in total. The zero-order valence-electron chi connectivity index (χ0n) is 18.2. The minimum Gasteiger partial charge on any atom is -0.345 e. The first kappa shape index (κ1) is 19.5. The third-order valence-electron chi connectivity index (χ3n) is 7.60. The lowest BCUT2D eigenvalue weighted by molar-refractivity contribution is 0.0547. The molecule has 2 unspecified atom stereocenters. The molecule has 6 nitrogen and oxygen atoms in total. The van der Waals surface area contributed by atoms with Crippen LogP contribution in [0.4, 0.5) is 0 Å². The summed E-state index contributed by atoms with van der Waals surface area (Å²) in [5, 5.41) is 0. The molecule has 3 aromatic rings. The van der Waals surface area contributed by atoms with E-state index in [0.717, 1.165) is 80.3 Å². The Kier molecular flexibility index (Phi) is 4.74. The number of H-pyrrole nitrogens is 1. The van der Waals surface area contributed by atoms with Crippen LogP contribution in [0.1, 0.15) is 71.3 Å². The first-order chi connectivity index (χ1) is 15.7. The van der Waals surface area contributed by atoms with Crippen LogP contribution >= 0.6 is 0 Å². The van der Waals surface area contributed by atoms with Crippen molar-refractivity contribution in [2.75, 3.05) is 19.6 Å². The van der Waals surface area contributed by atoms with Crippen LogP contribution in [0.15, 0.2) is 42.7 Å². The van der Waals surface area contributed by atoms with Crippen molar-refractivity contribution in [1.82, 2.24) is 19.8 Å². The van der Waals surface area contributed by atoms with Crippen LogP contribution in [0.2, 0.25) is 0 Å². The molecular weight excluding hydrogens is 400 g/mol. The lowest BCUT2D eigenvalue weighted by atomic mass is 9.73. The van der Waals surface area contributed by atoms with Gasteiger partial charge >= 0.3 is 0 Å². The SMILES string of the molecule is O=C(c1ccc2c(c1)CCC1C2CCCN1C(=O)c1ccc2nc[nH]c2c1)N1CCCC1.[HH]. The van der Waals surface area contributed by atoms with E-state index in [-0.39, 0.29) is 19.3 Å². The van der Waals surface area contributed by atoms with Gasteiger partial charge in [-0.25, -0.2) is 4.98 Å². The molecule has 2 saturated heterocycles. The molecule has 0 radical (unpaired) electrons. The first-order valence-corrected chi connectivity index (χ1v) is 11.9. The van der Waals surface area contributed by atoms with Crippen LogP contribution in [-0.2, 0) is 6.42 Å². The Morgan fingerprint density at radius 2 is 1.75 bits per heavy atom. The third kappa shape index (κ3) is 3.20. The third-order valence-corrected chi connectivity index (χ3v) is 7.60. The topological polar surface area (TPSA) is 69.3 Å². The number of carbonyl (C=O) groups excluding carboxylic acids is 2. The number of fused-ring (bicyclic) bond motifs is 4. The largest absolute Gasteiger partial charge is 0.345 e. The molecule has 1 aromatic heterocycles. The average molecular weight is 431 g/mol. The number of likely N-dealkylation sites (tertiary alicyclic amines) is 2. The second kappa shape index (κ2) is 7.76. The van der Waals surface area contributed by atoms with E-state index in [9.17, 15) is 9.59 Å². The van der Waals surface area contributed by atoms with Gasteiger partial charge < -0.3 is 14.8 Å². The van der Waals surface area contributed by atoms with Crippen LogP contribution in [0.25, 0.3) is 11.0 Å². The van der Waals surface area contributed by atoms with Crippen LogP contribution in [0, 0.1) is 0 Å². The Bertz CT molecular complexity index is 1200. The van der Waals surface area contributed by atoms with Gasteiger partial charge in [-0.3, -0.25) is 9.59 Å². The predicted molar refractivity (Wildman–Crippen MR) is 125 cm³/mol. The van der Waals surface area contributed by atoms with Crippen LogP contribution < -0.4 is 0 Å². The summed E-state index contributed by atoms with van der Waals surface area (Å²) in [7, 11) is 0. The number of benzene rings is 2. The van der Waals surface area contributed by atoms with Crippen molar-refractivity contribution in [2.24, 2.45) is 0 Å². The molecule has 166 valence electrons. The second-order valence-corrected chi connectivity index (χ2v) is 9.40. The minimum absolute atomic E-state index is 0. The molecule has 6 heteroatoms. The number of piperidine rings is 1. The maximum atomic E-state index is 13.5. The zero-order valence-corrected chi connectivity index (χ0v) is 18.2. The summed E-state index contributed by atoms with van der Waals surface area (Å²) < 4.78 is 0. The summed E-state index contributed by atoms with van der Waals surface area (Å²) in [5.74, 6) is 0.630. The number of nitrogens with one attached hydrogen (secondary N) is 1. The number of aryl methyl sites for hydroxylation is 1. The summed E-state index contributed by atoms with van der Waals surface area (Å²) in [6.45, 7) is 2.56. The number of hydrogen-bond acceptors (Lipinski definition) is 3.